The fourth-order valence-electron chi connectivity index (χ4n) is 2.91. The first-order valence-corrected chi connectivity index (χ1v) is 7.62. The lowest BCUT2D eigenvalue weighted by molar-refractivity contribution is 0.0564. The maximum Gasteiger partial charge on any atom is 0.143 e. The minimum Gasteiger partial charge on any atom is -0.483 e. The topological polar surface area (TPSA) is 38.5 Å². The molecule has 2 N–H and O–H groups in total. The summed E-state index contributed by atoms with van der Waals surface area (Å²) in [6, 6.07) is 6.44. The summed E-state index contributed by atoms with van der Waals surface area (Å²) in [5.74, 6) is 1.00. The van der Waals surface area contributed by atoms with Gasteiger partial charge in [-0.1, -0.05) is 19.9 Å². The van der Waals surface area contributed by atoms with Crippen LogP contribution in [0.3, 0.4) is 0 Å². The van der Waals surface area contributed by atoms with Crippen molar-refractivity contribution >= 4 is 5.69 Å². The number of aryl methyl sites for hydroxylation is 1. The second kappa shape index (κ2) is 5.28. The second-order valence-corrected chi connectivity index (χ2v) is 6.81. The highest BCUT2D eigenvalue weighted by molar-refractivity contribution is 5.62. The van der Waals surface area contributed by atoms with Gasteiger partial charge >= 0.3 is 0 Å². The van der Waals surface area contributed by atoms with E-state index in [0.717, 1.165) is 31.7 Å². The molecule has 20 heavy (non-hydrogen) atoms. The third-order valence-corrected chi connectivity index (χ3v) is 4.15. The van der Waals surface area contributed by atoms with Gasteiger partial charge in [0.1, 0.15) is 11.4 Å². The Bertz CT molecular complexity index is 472. The molecule has 0 aliphatic carbocycles. The van der Waals surface area contributed by atoms with Crippen LogP contribution in [0.15, 0.2) is 18.2 Å². The number of ether oxygens (including phenoxy) is 1. The lowest BCUT2D eigenvalue weighted by Gasteiger charge is -2.46. The molecule has 1 aromatic rings. The Labute approximate surface area is 123 Å². The van der Waals surface area contributed by atoms with Gasteiger partial charge in [0.15, 0.2) is 0 Å². The lowest BCUT2D eigenvalue weighted by Crippen LogP contribution is -2.55. The maximum absolute atomic E-state index is 6.36. The van der Waals surface area contributed by atoms with Crippen LogP contribution in [0.4, 0.5) is 5.69 Å². The van der Waals surface area contributed by atoms with Crippen LogP contribution in [0.25, 0.3) is 0 Å². The SMILES string of the molecule is CCC1(CC)CN(CC(C)(C)N)c2ccc(C)cc2O1. The Morgan fingerprint density at radius 1 is 1.30 bits per heavy atom. The molecule has 1 aliphatic rings. The van der Waals surface area contributed by atoms with Gasteiger partial charge < -0.3 is 15.4 Å². The second-order valence-electron chi connectivity index (χ2n) is 6.81. The van der Waals surface area contributed by atoms with Crippen LogP contribution in [0.2, 0.25) is 0 Å². The molecule has 0 atom stereocenters. The van der Waals surface area contributed by atoms with Crippen LogP contribution in [-0.2, 0) is 0 Å². The van der Waals surface area contributed by atoms with E-state index in [1.165, 1.54) is 11.3 Å². The number of fused-ring (bicyclic) bond motifs is 1. The third-order valence-electron chi connectivity index (χ3n) is 4.15. The molecule has 3 nitrogen and oxygen atoms in total. The zero-order chi connectivity index (χ0) is 15.0. The molecule has 0 aromatic heterocycles. The Kier molecular flexibility index (Phi) is 4.01. The van der Waals surface area contributed by atoms with Gasteiger partial charge in [-0.2, -0.15) is 0 Å². The fourth-order valence-corrected chi connectivity index (χ4v) is 2.91. The predicted octanol–water partition coefficient (Wildman–Crippen LogP) is 3.49. The standard InChI is InChI=1S/C17H28N2O/c1-6-17(7-2)12-19(11-16(4,5)18)14-9-8-13(3)10-15(14)20-17/h8-10H,6-7,11-12,18H2,1-5H3. The van der Waals surface area contributed by atoms with E-state index in [1.807, 2.05) is 0 Å². The Morgan fingerprint density at radius 3 is 2.50 bits per heavy atom. The summed E-state index contributed by atoms with van der Waals surface area (Å²) in [4.78, 5) is 2.39. The highest BCUT2D eigenvalue weighted by Crippen LogP contribution is 2.40. The number of rotatable bonds is 4. The largest absolute Gasteiger partial charge is 0.483 e. The van der Waals surface area contributed by atoms with Crippen molar-refractivity contribution in [3.05, 3.63) is 23.8 Å². The van der Waals surface area contributed by atoms with E-state index in [4.69, 9.17) is 10.5 Å². The van der Waals surface area contributed by atoms with E-state index in [-0.39, 0.29) is 11.1 Å². The molecule has 0 amide bonds. The van der Waals surface area contributed by atoms with Crippen LogP contribution in [0.1, 0.15) is 46.1 Å². The summed E-state index contributed by atoms with van der Waals surface area (Å²) in [6.45, 7) is 12.4. The van der Waals surface area contributed by atoms with Crippen molar-refractivity contribution in [1.82, 2.24) is 0 Å². The van der Waals surface area contributed by atoms with Crippen molar-refractivity contribution < 1.29 is 4.74 Å². The van der Waals surface area contributed by atoms with Crippen LogP contribution in [0.5, 0.6) is 5.75 Å². The molecule has 0 radical (unpaired) electrons. The Hall–Kier alpha value is -1.22. The highest BCUT2D eigenvalue weighted by Gasteiger charge is 2.38. The number of anilines is 1. The zero-order valence-electron chi connectivity index (χ0n) is 13.5. The minimum atomic E-state index is -0.216. The number of hydrogen-bond donors (Lipinski definition) is 1. The van der Waals surface area contributed by atoms with Gasteiger partial charge in [-0.25, -0.2) is 0 Å². The molecule has 3 heteroatoms. The van der Waals surface area contributed by atoms with E-state index in [2.05, 4.69) is 57.7 Å². The van der Waals surface area contributed by atoms with Crippen molar-refractivity contribution in [2.24, 2.45) is 5.73 Å². The maximum atomic E-state index is 6.36. The molecule has 0 spiro atoms. The van der Waals surface area contributed by atoms with Gasteiger partial charge in [0.25, 0.3) is 0 Å². The van der Waals surface area contributed by atoms with E-state index in [0.29, 0.717) is 0 Å². The summed E-state index contributed by atoms with van der Waals surface area (Å²) >= 11 is 0. The molecule has 1 aromatic carbocycles. The molecular weight excluding hydrogens is 248 g/mol. The average molecular weight is 276 g/mol. The molecule has 0 bridgehead atoms. The van der Waals surface area contributed by atoms with E-state index in [1.54, 1.807) is 0 Å². The first kappa shape index (κ1) is 15.2. The van der Waals surface area contributed by atoms with Crippen molar-refractivity contribution in [1.29, 1.82) is 0 Å². The summed E-state index contributed by atoms with van der Waals surface area (Å²) in [6.07, 6.45) is 2.02. The number of nitrogens with two attached hydrogens (primary N) is 1. The van der Waals surface area contributed by atoms with E-state index in [9.17, 15) is 0 Å². The number of benzene rings is 1. The van der Waals surface area contributed by atoms with Gasteiger partial charge in [0.05, 0.1) is 12.2 Å². The normalized spacial score (nSPS) is 17.6. The van der Waals surface area contributed by atoms with Gasteiger partial charge in [0, 0.05) is 12.1 Å². The van der Waals surface area contributed by atoms with Gasteiger partial charge in [0.2, 0.25) is 0 Å². The Morgan fingerprint density at radius 2 is 1.95 bits per heavy atom. The van der Waals surface area contributed by atoms with Crippen LogP contribution >= 0.6 is 0 Å². The summed E-state index contributed by atoms with van der Waals surface area (Å²) in [5, 5.41) is 0. The third kappa shape index (κ3) is 3.09. The van der Waals surface area contributed by atoms with Crippen LogP contribution in [0, 0.1) is 6.92 Å². The van der Waals surface area contributed by atoms with Crippen LogP contribution < -0.4 is 15.4 Å². The smallest absolute Gasteiger partial charge is 0.143 e. The number of hydrogen-bond acceptors (Lipinski definition) is 3. The molecule has 1 heterocycles. The van der Waals surface area contributed by atoms with Crippen molar-refractivity contribution in [3.63, 3.8) is 0 Å². The molecule has 112 valence electrons. The molecule has 0 unspecified atom stereocenters. The number of nitrogens with zero attached hydrogens (tertiary/aromatic N) is 1. The average Bonchev–Trinajstić information content (AvgIpc) is 2.36. The molecular formula is C17H28N2O. The monoisotopic (exact) mass is 276 g/mol. The first-order valence-electron chi connectivity index (χ1n) is 7.62. The molecule has 0 saturated heterocycles. The fraction of sp³-hybridized carbons (Fsp3) is 0.647. The van der Waals surface area contributed by atoms with Crippen molar-refractivity contribution in [3.8, 4) is 5.75 Å². The van der Waals surface area contributed by atoms with Gasteiger partial charge in [-0.15, -0.1) is 0 Å². The molecule has 1 aliphatic heterocycles. The Balaban J connectivity index is 2.41. The lowest BCUT2D eigenvalue weighted by atomic mass is 9.92. The van der Waals surface area contributed by atoms with E-state index >= 15 is 0 Å². The van der Waals surface area contributed by atoms with Crippen molar-refractivity contribution in [2.45, 2.75) is 58.6 Å². The quantitative estimate of drug-likeness (QED) is 0.915. The van der Waals surface area contributed by atoms with Gasteiger partial charge in [-0.05, 0) is 51.3 Å². The molecule has 0 fully saturated rings. The molecule has 0 saturated carbocycles. The predicted molar refractivity (Wildman–Crippen MR) is 85.6 cm³/mol. The first-order chi connectivity index (χ1) is 9.28. The van der Waals surface area contributed by atoms with Gasteiger partial charge in [-0.3, -0.25) is 0 Å². The minimum absolute atomic E-state index is 0.0912. The summed E-state index contributed by atoms with van der Waals surface area (Å²) in [7, 11) is 0. The molecule has 2 rings (SSSR count). The highest BCUT2D eigenvalue weighted by atomic mass is 16.5. The van der Waals surface area contributed by atoms with Crippen LogP contribution in [-0.4, -0.2) is 24.2 Å². The zero-order valence-corrected chi connectivity index (χ0v) is 13.5. The summed E-state index contributed by atoms with van der Waals surface area (Å²) in [5.41, 5.74) is 8.34. The van der Waals surface area contributed by atoms with Crippen molar-refractivity contribution in [2.75, 3.05) is 18.0 Å². The van der Waals surface area contributed by atoms with E-state index < -0.39 is 0 Å². The summed E-state index contributed by atoms with van der Waals surface area (Å²) < 4.78 is 6.36.